The first-order valence-corrected chi connectivity index (χ1v) is 16.6. The van der Waals surface area contributed by atoms with Crippen LogP contribution < -0.4 is 9.62 Å². The molecule has 0 aromatic heterocycles. The Balaban J connectivity index is 1.80. The van der Waals surface area contributed by atoms with Crippen LogP contribution in [0.5, 0.6) is 0 Å². The van der Waals surface area contributed by atoms with Crippen molar-refractivity contribution in [3.63, 3.8) is 0 Å². The number of nitro benzene ring substituents is 1. The zero-order valence-electron chi connectivity index (χ0n) is 25.3. The van der Waals surface area contributed by atoms with E-state index < -0.39 is 33.4 Å². The van der Waals surface area contributed by atoms with Crippen LogP contribution in [0.25, 0.3) is 0 Å². The molecule has 0 radical (unpaired) electrons. The average Bonchev–Trinajstić information content (AvgIpc) is 3.06. The molecule has 0 aliphatic carbocycles. The Hall–Kier alpha value is -4.74. The Kier molecular flexibility index (Phi) is 11.9. The number of halogens is 1. The third-order valence-corrected chi connectivity index (χ3v) is 9.51. The van der Waals surface area contributed by atoms with E-state index in [0.717, 1.165) is 22.7 Å². The number of hydrogen-bond acceptors (Lipinski definition) is 6. The molecule has 4 aromatic rings. The third-order valence-electron chi connectivity index (χ3n) is 7.36. The highest BCUT2D eigenvalue weighted by atomic mass is 35.5. The van der Waals surface area contributed by atoms with Gasteiger partial charge in [-0.15, -0.1) is 0 Å². The maximum atomic E-state index is 14.5. The highest BCUT2D eigenvalue weighted by Crippen LogP contribution is 2.27. The molecular weight excluding hydrogens is 628 g/mol. The van der Waals surface area contributed by atoms with Crippen LogP contribution in [0.4, 0.5) is 11.4 Å². The van der Waals surface area contributed by atoms with Crippen molar-refractivity contribution in [1.29, 1.82) is 0 Å². The first kappa shape index (κ1) is 34.1. The molecule has 0 fully saturated rings. The number of nitro groups is 1. The summed E-state index contributed by atoms with van der Waals surface area (Å²) in [6.07, 6.45) is 1.76. The molecule has 1 atom stereocenters. The SMILES string of the molecule is CCCCNC(=O)[C@@H](Cc1ccccc1)N(Cc1ccccc1Cl)C(=O)CN(c1ccc([N+](=O)[O-])cc1)S(=O)(=O)c1ccccc1. The van der Waals surface area contributed by atoms with Crippen molar-refractivity contribution in [3.8, 4) is 0 Å². The minimum absolute atomic E-state index is 0.0486. The number of nitrogens with one attached hydrogen (secondary N) is 1. The largest absolute Gasteiger partial charge is 0.354 e. The topological polar surface area (TPSA) is 130 Å². The van der Waals surface area contributed by atoms with Crippen LogP contribution in [-0.4, -0.2) is 49.2 Å². The van der Waals surface area contributed by atoms with E-state index >= 15 is 0 Å². The van der Waals surface area contributed by atoms with Crippen LogP contribution in [0.3, 0.4) is 0 Å². The minimum atomic E-state index is -4.33. The number of carbonyl (C=O) groups is 2. The lowest BCUT2D eigenvalue weighted by molar-refractivity contribution is -0.384. The highest BCUT2D eigenvalue weighted by Gasteiger charge is 2.35. The van der Waals surface area contributed by atoms with Crippen LogP contribution >= 0.6 is 11.6 Å². The van der Waals surface area contributed by atoms with E-state index in [0.29, 0.717) is 17.1 Å². The maximum Gasteiger partial charge on any atom is 0.269 e. The van der Waals surface area contributed by atoms with Crippen LogP contribution in [0, 0.1) is 10.1 Å². The van der Waals surface area contributed by atoms with Crippen LogP contribution in [0.2, 0.25) is 5.02 Å². The Morgan fingerprint density at radius 3 is 2.11 bits per heavy atom. The molecule has 10 nitrogen and oxygen atoms in total. The van der Waals surface area contributed by atoms with Gasteiger partial charge in [-0.05, 0) is 47.9 Å². The summed E-state index contributed by atoms with van der Waals surface area (Å²) in [7, 11) is -4.33. The lowest BCUT2D eigenvalue weighted by Crippen LogP contribution is -2.53. The fourth-order valence-electron chi connectivity index (χ4n) is 4.86. The van der Waals surface area contributed by atoms with E-state index in [1.165, 1.54) is 41.3 Å². The molecule has 0 heterocycles. The predicted molar refractivity (Wildman–Crippen MR) is 178 cm³/mol. The van der Waals surface area contributed by atoms with Gasteiger partial charge in [-0.2, -0.15) is 0 Å². The molecule has 12 heteroatoms. The Labute approximate surface area is 273 Å². The van der Waals surface area contributed by atoms with Crippen molar-refractivity contribution < 1.29 is 22.9 Å². The molecule has 46 heavy (non-hydrogen) atoms. The summed E-state index contributed by atoms with van der Waals surface area (Å²) in [6, 6.07) is 27.7. The number of anilines is 1. The molecular formula is C34H35ClN4O6S. The summed E-state index contributed by atoms with van der Waals surface area (Å²) in [5.74, 6) is -1.05. The molecule has 4 aromatic carbocycles. The van der Waals surface area contributed by atoms with Gasteiger partial charge in [0.05, 0.1) is 15.5 Å². The first-order valence-electron chi connectivity index (χ1n) is 14.8. The average molecular weight is 663 g/mol. The Morgan fingerprint density at radius 2 is 1.50 bits per heavy atom. The summed E-state index contributed by atoms with van der Waals surface area (Å²) in [6.45, 7) is 1.65. The minimum Gasteiger partial charge on any atom is -0.354 e. The molecule has 0 saturated carbocycles. The van der Waals surface area contributed by atoms with E-state index in [2.05, 4.69) is 5.32 Å². The van der Waals surface area contributed by atoms with Gasteiger partial charge in [0.1, 0.15) is 12.6 Å². The normalized spacial score (nSPS) is 11.8. The second-order valence-electron chi connectivity index (χ2n) is 10.6. The van der Waals surface area contributed by atoms with Crippen LogP contribution in [0.15, 0.2) is 114 Å². The van der Waals surface area contributed by atoms with Gasteiger partial charge >= 0.3 is 0 Å². The van der Waals surface area contributed by atoms with E-state index in [-0.39, 0.29) is 35.1 Å². The van der Waals surface area contributed by atoms with E-state index in [4.69, 9.17) is 11.6 Å². The van der Waals surface area contributed by atoms with Gasteiger partial charge in [0, 0.05) is 36.7 Å². The number of non-ortho nitro benzene ring substituents is 1. The van der Waals surface area contributed by atoms with E-state index in [1.54, 1.807) is 42.5 Å². The number of unbranched alkanes of at least 4 members (excludes halogenated alkanes) is 1. The van der Waals surface area contributed by atoms with Gasteiger partial charge < -0.3 is 10.2 Å². The highest BCUT2D eigenvalue weighted by molar-refractivity contribution is 7.92. The van der Waals surface area contributed by atoms with Crippen molar-refractivity contribution in [2.24, 2.45) is 0 Å². The number of benzene rings is 4. The third kappa shape index (κ3) is 8.70. The summed E-state index contributed by atoms with van der Waals surface area (Å²) < 4.78 is 28.9. The molecule has 0 aliphatic heterocycles. The second kappa shape index (κ2) is 16.0. The molecule has 0 saturated heterocycles. The van der Waals surface area contributed by atoms with Gasteiger partial charge in [0.15, 0.2) is 0 Å². The van der Waals surface area contributed by atoms with Crippen molar-refractivity contribution in [1.82, 2.24) is 10.2 Å². The molecule has 240 valence electrons. The Morgan fingerprint density at radius 1 is 0.891 bits per heavy atom. The number of hydrogen-bond donors (Lipinski definition) is 1. The first-order chi connectivity index (χ1) is 22.1. The van der Waals surface area contributed by atoms with Gasteiger partial charge in [0.2, 0.25) is 11.8 Å². The number of carbonyl (C=O) groups excluding carboxylic acids is 2. The number of amides is 2. The standard InChI is InChI=1S/C34H35ClN4O6S/c1-2-3-22-36-34(41)32(23-26-12-6-4-7-13-26)37(24-27-14-10-11-17-31(27)35)33(40)25-38(28-18-20-29(21-19-28)39(42)43)46(44,45)30-15-8-5-9-16-30/h4-21,32H,2-3,22-25H2,1H3,(H,36,41)/t32-/m1/s1. The number of rotatable bonds is 15. The second-order valence-corrected chi connectivity index (χ2v) is 12.8. The molecule has 1 N–H and O–H groups in total. The van der Waals surface area contributed by atoms with Crippen molar-refractivity contribution >= 4 is 44.8 Å². The van der Waals surface area contributed by atoms with Gasteiger partial charge in [-0.25, -0.2) is 8.42 Å². The predicted octanol–water partition coefficient (Wildman–Crippen LogP) is 6.00. The summed E-state index contributed by atoms with van der Waals surface area (Å²) in [5, 5.41) is 14.6. The van der Waals surface area contributed by atoms with Crippen LogP contribution in [0.1, 0.15) is 30.9 Å². The lowest BCUT2D eigenvalue weighted by atomic mass is 10.0. The fraction of sp³-hybridized carbons (Fsp3) is 0.235. The van der Waals surface area contributed by atoms with Gasteiger partial charge in [-0.3, -0.25) is 24.0 Å². The summed E-state index contributed by atoms with van der Waals surface area (Å²) >= 11 is 6.51. The summed E-state index contributed by atoms with van der Waals surface area (Å²) in [5.41, 5.74) is 1.19. The molecule has 4 rings (SSSR count). The zero-order valence-corrected chi connectivity index (χ0v) is 26.9. The summed E-state index contributed by atoms with van der Waals surface area (Å²) in [4.78, 5) is 40.2. The molecule has 0 spiro atoms. The number of nitrogens with zero attached hydrogens (tertiary/aromatic N) is 3. The number of sulfonamides is 1. The molecule has 0 aliphatic rings. The maximum absolute atomic E-state index is 14.5. The van der Waals surface area contributed by atoms with E-state index in [1.807, 2.05) is 37.3 Å². The van der Waals surface area contributed by atoms with Gasteiger partial charge in [-0.1, -0.05) is 91.7 Å². The molecule has 0 bridgehead atoms. The van der Waals surface area contributed by atoms with Crippen LogP contribution in [-0.2, 0) is 32.6 Å². The van der Waals surface area contributed by atoms with Crippen molar-refractivity contribution in [3.05, 3.63) is 135 Å². The molecule has 2 amide bonds. The fourth-order valence-corrected chi connectivity index (χ4v) is 6.49. The Bertz CT molecular complexity index is 1740. The zero-order chi connectivity index (χ0) is 33.1. The molecule has 0 unspecified atom stereocenters. The monoisotopic (exact) mass is 662 g/mol. The smallest absolute Gasteiger partial charge is 0.269 e. The quantitative estimate of drug-likeness (QED) is 0.0944. The lowest BCUT2D eigenvalue weighted by Gasteiger charge is -2.34. The van der Waals surface area contributed by atoms with Crippen molar-refractivity contribution in [2.75, 3.05) is 17.4 Å². The van der Waals surface area contributed by atoms with Gasteiger partial charge in [0.25, 0.3) is 15.7 Å². The van der Waals surface area contributed by atoms with Crippen molar-refractivity contribution in [2.45, 2.75) is 43.7 Å². The van der Waals surface area contributed by atoms with E-state index in [9.17, 15) is 28.1 Å².